The third kappa shape index (κ3) is 3.44. The number of ether oxygens (including phenoxy) is 1. The number of piperidine rings is 1. The molecule has 2 heterocycles. The van der Waals surface area contributed by atoms with E-state index in [1.807, 2.05) is 35.0 Å². The first-order chi connectivity index (χ1) is 12.6. The zero-order valence-corrected chi connectivity index (χ0v) is 15.0. The quantitative estimate of drug-likeness (QED) is 0.856. The van der Waals surface area contributed by atoms with Gasteiger partial charge >= 0.3 is 0 Å². The summed E-state index contributed by atoms with van der Waals surface area (Å²) in [6, 6.07) is 8.25. The SMILES string of the molecule is NC(=O)Cn1ccc2c(OC3CCN(C4CCCC4O)CC3)cccc21. The fourth-order valence-electron chi connectivity index (χ4n) is 4.46. The number of aliphatic hydroxyl groups excluding tert-OH is 1. The molecule has 0 bridgehead atoms. The van der Waals surface area contributed by atoms with Crippen LogP contribution in [0.25, 0.3) is 10.9 Å². The second-order valence-electron chi connectivity index (χ2n) is 7.52. The fourth-order valence-corrected chi connectivity index (χ4v) is 4.46. The number of hydrogen-bond acceptors (Lipinski definition) is 4. The van der Waals surface area contributed by atoms with Gasteiger partial charge in [-0.3, -0.25) is 9.69 Å². The van der Waals surface area contributed by atoms with Crippen LogP contribution in [0.4, 0.5) is 0 Å². The third-order valence-electron chi connectivity index (χ3n) is 5.78. The molecule has 4 rings (SSSR count). The van der Waals surface area contributed by atoms with Gasteiger partial charge in [-0.25, -0.2) is 0 Å². The smallest absolute Gasteiger partial charge is 0.237 e. The Bertz CT molecular complexity index is 780. The molecule has 1 saturated heterocycles. The van der Waals surface area contributed by atoms with Crippen LogP contribution in [0, 0.1) is 0 Å². The van der Waals surface area contributed by atoms with Crippen LogP contribution in [0.1, 0.15) is 32.1 Å². The Morgan fingerprint density at radius 3 is 2.69 bits per heavy atom. The molecule has 140 valence electrons. The number of primary amides is 1. The normalized spacial score (nSPS) is 25.0. The predicted molar refractivity (Wildman–Crippen MR) is 100 cm³/mol. The summed E-state index contributed by atoms with van der Waals surface area (Å²) in [7, 11) is 0. The Balaban J connectivity index is 1.42. The molecule has 1 aromatic heterocycles. The summed E-state index contributed by atoms with van der Waals surface area (Å²) in [4.78, 5) is 13.7. The minimum Gasteiger partial charge on any atom is -0.490 e. The maximum atomic E-state index is 11.2. The zero-order valence-electron chi connectivity index (χ0n) is 15.0. The van der Waals surface area contributed by atoms with Gasteiger partial charge in [0.15, 0.2) is 0 Å². The summed E-state index contributed by atoms with van der Waals surface area (Å²) in [5, 5.41) is 11.1. The van der Waals surface area contributed by atoms with E-state index in [9.17, 15) is 9.90 Å². The van der Waals surface area contributed by atoms with Crippen LogP contribution in [0.2, 0.25) is 0 Å². The van der Waals surface area contributed by atoms with Crippen molar-refractivity contribution in [2.45, 2.75) is 56.9 Å². The molecule has 3 N–H and O–H groups in total. The molecular formula is C20H27N3O3. The maximum Gasteiger partial charge on any atom is 0.237 e. The standard InChI is InChI=1S/C20H27N3O3/c21-20(25)13-23-12-9-15-16(23)3-2-6-19(15)26-14-7-10-22(11-8-14)17-4-1-5-18(17)24/h2-3,6,9,12,14,17-18,24H,1,4-5,7-8,10-11,13H2,(H2,21,25). The third-order valence-corrected chi connectivity index (χ3v) is 5.78. The zero-order chi connectivity index (χ0) is 18.1. The van der Waals surface area contributed by atoms with Crippen molar-refractivity contribution >= 4 is 16.8 Å². The molecule has 0 spiro atoms. The molecule has 26 heavy (non-hydrogen) atoms. The van der Waals surface area contributed by atoms with Gasteiger partial charge in [0.1, 0.15) is 18.4 Å². The number of nitrogens with two attached hydrogens (primary N) is 1. The lowest BCUT2D eigenvalue weighted by Crippen LogP contribution is -2.47. The monoisotopic (exact) mass is 357 g/mol. The van der Waals surface area contributed by atoms with Gasteiger partial charge < -0.3 is 20.1 Å². The minimum atomic E-state index is -0.352. The number of aliphatic hydroxyl groups is 1. The van der Waals surface area contributed by atoms with Crippen molar-refractivity contribution < 1.29 is 14.6 Å². The lowest BCUT2D eigenvalue weighted by atomic mass is 10.0. The molecule has 1 amide bonds. The summed E-state index contributed by atoms with van der Waals surface area (Å²) in [6.45, 7) is 2.13. The Kier molecular flexibility index (Phi) is 4.87. The van der Waals surface area contributed by atoms with Gasteiger partial charge in [-0.05, 0) is 50.3 Å². The van der Waals surface area contributed by atoms with Crippen molar-refractivity contribution in [2.75, 3.05) is 13.1 Å². The van der Waals surface area contributed by atoms with Crippen LogP contribution in [-0.2, 0) is 11.3 Å². The molecule has 2 unspecified atom stereocenters. The number of likely N-dealkylation sites (tertiary alicyclic amines) is 1. The Morgan fingerprint density at radius 1 is 1.19 bits per heavy atom. The van der Waals surface area contributed by atoms with E-state index in [-0.39, 0.29) is 24.7 Å². The van der Waals surface area contributed by atoms with Crippen molar-refractivity contribution in [2.24, 2.45) is 5.73 Å². The lowest BCUT2D eigenvalue weighted by Gasteiger charge is -2.37. The van der Waals surface area contributed by atoms with E-state index in [2.05, 4.69) is 4.90 Å². The number of nitrogens with zero attached hydrogens (tertiary/aromatic N) is 2. The number of carbonyl (C=O) groups excluding carboxylic acids is 1. The molecule has 1 saturated carbocycles. The van der Waals surface area contributed by atoms with Gasteiger partial charge in [0.2, 0.25) is 5.91 Å². The van der Waals surface area contributed by atoms with Crippen molar-refractivity contribution in [3.05, 3.63) is 30.5 Å². The van der Waals surface area contributed by atoms with Crippen LogP contribution in [0.15, 0.2) is 30.5 Å². The topological polar surface area (TPSA) is 80.7 Å². The molecule has 1 aliphatic carbocycles. The number of hydrogen-bond donors (Lipinski definition) is 2. The average Bonchev–Trinajstić information content (AvgIpc) is 3.23. The molecule has 1 aliphatic heterocycles. The average molecular weight is 357 g/mol. The van der Waals surface area contributed by atoms with Crippen LogP contribution < -0.4 is 10.5 Å². The molecule has 2 atom stereocenters. The second kappa shape index (κ2) is 7.29. The van der Waals surface area contributed by atoms with Crippen LogP contribution in [0.5, 0.6) is 5.75 Å². The molecule has 0 radical (unpaired) electrons. The molecular weight excluding hydrogens is 330 g/mol. The van der Waals surface area contributed by atoms with Crippen molar-refractivity contribution in [3.8, 4) is 5.75 Å². The molecule has 2 fully saturated rings. The number of aromatic nitrogens is 1. The number of fused-ring (bicyclic) bond motifs is 1. The van der Waals surface area contributed by atoms with Gasteiger partial charge in [-0.1, -0.05) is 6.07 Å². The Hall–Kier alpha value is -2.05. The molecule has 2 aliphatic rings. The number of benzene rings is 1. The Labute approximate surface area is 153 Å². The molecule has 1 aromatic carbocycles. The largest absolute Gasteiger partial charge is 0.490 e. The Morgan fingerprint density at radius 2 is 2.00 bits per heavy atom. The van der Waals surface area contributed by atoms with Crippen LogP contribution in [-0.4, -0.2) is 51.8 Å². The van der Waals surface area contributed by atoms with Crippen molar-refractivity contribution in [3.63, 3.8) is 0 Å². The second-order valence-corrected chi connectivity index (χ2v) is 7.52. The van der Waals surface area contributed by atoms with E-state index < -0.39 is 0 Å². The highest BCUT2D eigenvalue weighted by molar-refractivity contribution is 5.87. The predicted octanol–water partition coefficient (Wildman–Crippen LogP) is 1.88. The van der Waals surface area contributed by atoms with E-state index in [1.54, 1.807) is 0 Å². The first-order valence-electron chi connectivity index (χ1n) is 9.57. The summed E-state index contributed by atoms with van der Waals surface area (Å²) in [5.41, 5.74) is 6.29. The lowest BCUT2D eigenvalue weighted by molar-refractivity contribution is -0.118. The summed E-state index contributed by atoms with van der Waals surface area (Å²) in [6.07, 6.45) is 7.04. The summed E-state index contributed by atoms with van der Waals surface area (Å²) >= 11 is 0. The summed E-state index contributed by atoms with van der Waals surface area (Å²) in [5.74, 6) is 0.514. The highest BCUT2D eigenvalue weighted by atomic mass is 16.5. The van der Waals surface area contributed by atoms with Gasteiger partial charge in [0, 0.05) is 30.7 Å². The van der Waals surface area contributed by atoms with Gasteiger partial charge in [-0.15, -0.1) is 0 Å². The highest BCUT2D eigenvalue weighted by Crippen LogP contribution is 2.31. The fraction of sp³-hybridized carbons (Fsp3) is 0.550. The molecule has 6 nitrogen and oxygen atoms in total. The van der Waals surface area contributed by atoms with E-state index in [0.29, 0.717) is 6.04 Å². The van der Waals surface area contributed by atoms with Gasteiger partial charge in [0.25, 0.3) is 0 Å². The van der Waals surface area contributed by atoms with E-state index >= 15 is 0 Å². The minimum absolute atomic E-state index is 0.161. The van der Waals surface area contributed by atoms with Gasteiger partial charge in [0.05, 0.1) is 11.6 Å². The molecule has 2 aromatic rings. The van der Waals surface area contributed by atoms with E-state index in [1.165, 1.54) is 0 Å². The highest BCUT2D eigenvalue weighted by Gasteiger charge is 2.33. The number of amides is 1. The van der Waals surface area contributed by atoms with E-state index in [4.69, 9.17) is 10.5 Å². The first-order valence-corrected chi connectivity index (χ1v) is 9.57. The number of rotatable bonds is 5. The maximum absolute atomic E-state index is 11.2. The first kappa shape index (κ1) is 17.4. The van der Waals surface area contributed by atoms with Crippen molar-refractivity contribution in [1.82, 2.24) is 9.47 Å². The van der Waals surface area contributed by atoms with E-state index in [0.717, 1.165) is 61.8 Å². The van der Waals surface area contributed by atoms with Crippen molar-refractivity contribution in [1.29, 1.82) is 0 Å². The molecule has 6 heteroatoms. The number of carbonyl (C=O) groups is 1. The van der Waals surface area contributed by atoms with Gasteiger partial charge in [-0.2, -0.15) is 0 Å². The van der Waals surface area contributed by atoms with Crippen LogP contribution in [0.3, 0.4) is 0 Å². The summed E-state index contributed by atoms with van der Waals surface area (Å²) < 4.78 is 8.16. The van der Waals surface area contributed by atoms with Crippen LogP contribution >= 0.6 is 0 Å².